The third-order valence-electron chi connectivity index (χ3n) is 6.00. The Balaban J connectivity index is 1.45. The number of allylic oxidation sites excluding steroid dienone is 1. The Morgan fingerprint density at radius 2 is 2.10 bits per heavy atom. The quantitative estimate of drug-likeness (QED) is 0.763. The fraction of sp³-hybridized carbons (Fsp3) is 0.364. The van der Waals surface area contributed by atoms with Crippen molar-refractivity contribution in [2.75, 3.05) is 11.4 Å². The SMILES string of the molecule is O=C(O)N1CC=C(Cl)C=c2[nH]c3c(c21)CN=NC=3C1CCC(Oc2ccccn2)CC1. The van der Waals surface area contributed by atoms with Gasteiger partial charge in [-0.05, 0) is 43.9 Å². The number of H-pyrrole nitrogens is 1. The number of nitrogens with one attached hydrogen (secondary N) is 1. The first-order valence-corrected chi connectivity index (χ1v) is 10.8. The van der Waals surface area contributed by atoms with Crippen molar-refractivity contribution in [2.45, 2.75) is 38.3 Å². The zero-order chi connectivity index (χ0) is 21.4. The molecule has 2 aromatic heterocycles. The molecule has 9 heteroatoms. The number of azo groups is 1. The summed E-state index contributed by atoms with van der Waals surface area (Å²) in [5.74, 6) is 0.888. The Labute approximate surface area is 183 Å². The van der Waals surface area contributed by atoms with Crippen molar-refractivity contribution in [1.82, 2.24) is 9.97 Å². The van der Waals surface area contributed by atoms with Crippen LogP contribution in [0.5, 0.6) is 5.88 Å². The van der Waals surface area contributed by atoms with Crippen molar-refractivity contribution in [2.24, 2.45) is 16.1 Å². The van der Waals surface area contributed by atoms with Crippen molar-refractivity contribution in [3.05, 3.63) is 51.8 Å². The number of pyridine rings is 1. The first kappa shape index (κ1) is 19.8. The normalized spacial score (nSPS) is 22.7. The minimum Gasteiger partial charge on any atom is -0.474 e. The molecule has 1 amide bonds. The van der Waals surface area contributed by atoms with E-state index < -0.39 is 6.09 Å². The highest BCUT2D eigenvalue weighted by molar-refractivity contribution is 6.34. The smallest absolute Gasteiger partial charge is 0.412 e. The molecule has 2 aromatic rings. The molecule has 0 aromatic carbocycles. The van der Waals surface area contributed by atoms with Gasteiger partial charge in [0.15, 0.2) is 0 Å². The molecule has 2 N–H and O–H groups in total. The van der Waals surface area contributed by atoms with Gasteiger partial charge in [0, 0.05) is 35.3 Å². The van der Waals surface area contributed by atoms with E-state index in [9.17, 15) is 9.90 Å². The molecule has 0 unspecified atom stereocenters. The Morgan fingerprint density at radius 1 is 1.26 bits per heavy atom. The average Bonchev–Trinajstić information content (AvgIpc) is 3.03. The number of anilines is 1. The van der Waals surface area contributed by atoms with E-state index in [2.05, 4.69) is 20.2 Å². The summed E-state index contributed by atoms with van der Waals surface area (Å²) in [5.41, 5.74) is 2.38. The number of aromatic amines is 1. The molecule has 0 atom stereocenters. The second kappa shape index (κ2) is 8.19. The lowest BCUT2D eigenvalue weighted by molar-refractivity contribution is 0.136. The van der Waals surface area contributed by atoms with Gasteiger partial charge < -0.3 is 14.8 Å². The van der Waals surface area contributed by atoms with Crippen molar-refractivity contribution < 1.29 is 14.6 Å². The third-order valence-corrected chi connectivity index (χ3v) is 6.27. The monoisotopic (exact) mass is 439 g/mol. The van der Waals surface area contributed by atoms with Gasteiger partial charge in [0.05, 0.1) is 28.6 Å². The van der Waals surface area contributed by atoms with Gasteiger partial charge in [-0.2, -0.15) is 10.2 Å². The van der Waals surface area contributed by atoms with Crippen LogP contribution in [-0.2, 0) is 6.54 Å². The highest BCUT2D eigenvalue weighted by Crippen LogP contribution is 2.34. The number of fused-ring (bicyclic) bond motifs is 3. The lowest BCUT2D eigenvalue weighted by Gasteiger charge is -2.29. The van der Waals surface area contributed by atoms with Crippen molar-refractivity contribution >= 4 is 35.2 Å². The van der Waals surface area contributed by atoms with Crippen LogP contribution in [0.2, 0.25) is 0 Å². The lowest BCUT2D eigenvalue weighted by atomic mass is 9.84. The first-order valence-electron chi connectivity index (χ1n) is 10.4. The number of carbonyl (C=O) groups is 1. The third kappa shape index (κ3) is 3.83. The molecular formula is C22H22ClN5O3. The molecule has 8 nitrogen and oxygen atoms in total. The van der Waals surface area contributed by atoms with Crippen molar-refractivity contribution in [3.8, 4) is 5.88 Å². The molecule has 4 heterocycles. The predicted octanol–water partition coefficient (Wildman–Crippen LogP) is 3.52. The Bertz CT molecular complexity index is 1180. The lowest BCUT2D eigenvalue weighted by Crippen LogP contribution is -2.33. The van der Waals surface area contributed by atoms with Crippen LogP contribution in [0, 0.1) is 5.92 Å². The van der Waals surface area contributed by atoms with Crippen LogP contribution in [0.3, 0.4) is 0 Å². The summed E-state index contributed by atoms with van der Waals surface area (Å²) in [7, 11) is 0. The van der Waals surface area contributed by atoms with E-state index in [0.29, 0.717) is 28.5 Å². The summed E-state index contributed by atoms with van der Waals surface area (Å²) in [5, 5.41) is 20.6. The van der Waals surface area contributed by atoms with Gasteiger partial charge >= 0.3 is 6.09 Å². The van der Waals surface area contributed by atoms with E-state index in [0.717, 1.165) is 42.3 Å². The summed E-state index contributed by atoms with van der Waals surface area (Å²) >= 11 is 6.24. The largest absolute Gasteiger partial charge is 0.474 e. The summed E-state index contributed by atoms with van der Waals surface area (Å²) in [6.07, 6.45) is 7.94. The maximum Gasteiger partial charge on any atom is 0.412 e. The molecule has 1 aliphatic carbocycles. The molecular weight excluding hydrogens is 418 g/mol. The van der Waals surface area contributed by atoms with Crippen LogP contribution < -0.4 is 20.3 Å². The number of hydrogen-bond acceptors (Lipinski definition) is 5. The van der Waals surface area contributed by atoms with Crippen molar-refractivity contribution in [3.63, 3.8) is 0 Å². The Morgan fingerprint density at radius 3 is 2.84 bits per heavy atom. The second-order valence-electron chi connectivity index (χ2n) is 7.91. The average molecular weight is 440 g/mol. The second-order valence-corrected chi connectivity index (χ2v) is 8.35. The molecule has 1 saturated carbocycles. The van der Waals surface area contributed by atoms with E-state index in [1.807, 2.05) is 18.2 Å². The molecule has 0 saturated heterocycles. The standard InChI is InChI=1S/C22H22ClN5O3/c23-14-8-10-28(22(29)30)21-16-12-25-27-19(20(16)26-17(21)11-14)13-4-6-15(7-5-13)31-18-3-1-2-9-24-18/h1-3,8-9,11,13,15,26H,4-7,10,12H2,(H,29,30). The van der Waals surface area contributed by atoms with Crippen LogP contribution in [0.25, 0.3) is 11.8 Å². The number of amides is 1. The molecule has 160 valence electrons. The van der Waals surface area contributed by atoms with Crippen molar-refractivity contribution in [1.29, 1.82) is 0 Å². The Kier molecular flexibility index (Phi) is 5.23. The van der Waals surface area contributed by atoms with E-state index in [1.54, 1.807) is 18.3 Å². The van der Waals surface area contributed by atoms with Gasteiger partial charge in [0.1, 0.15) is 6.10 Å². The summed E-state index contributed by atoms with van der Waals surface area (Å²) < 4.78 is 6.01. The summed E-state index contributed by atoms with van der Waals surface area (Å²) in [4.78, 5) is 20.8. The van der Waals surface area contributed by atoms with Gasteiger partial charge in [-0.25, -0.2) is 9.78 Å². The number of ether oxygens (including phenoxy) is 1. The molecule has 1 fully saturated rings. The maximum absolute atomic E-state index is 11.9. The molecule has 0 bridgehead atoms. The van der Waals surface area contributed by atoms with Gasteiger partial charge in [0.2, 0.25) is 5.88 Å². The molecule has 0 spiro atoms. The number of rotatable bonds is 3. The highest BCUT2D eigenvalue weighted by atomic mass is 35.5. The van der Waals surface area contributed by atoms with Gasteiger partial charge in [0.25, 0.3) is 0 Å². The van der Waals surface area contributed by atoms with Crippen LogP contribution >= 0.6 is 11.6 Å². The molecule has 31 heavy (non-hydrogen) atoms. The number of carboxylic acid groups (broad SMARTS) is 1. The number of halogens is 1. The number of aromatic nitrogens is 2. The molecule has 2 aliphatic heterocycles. The van der Waals surface area contributed by atoms with E-state index >= 15 is 0 Å². The topological polar surface area (TPSA) is 103 Å². The fourth-order valence-corrected chi connectivity index (χ4v) is 4.71. The summed E-state index contributed by atoms with van der Waals surface area (Å²) in [6.45, 7) is 0.544. The first-order chi connectivity index (χ1) is 15.1. The number of nitrogens with zero attached hydrogens (tertiary/aromatic N) is 4. The molecule has 5 rings (SSSR count). The van der Waals surface area contributed by atoms with Gasteiger partial charge in [-0.15, -0.1) is 0 Å². The van der Waals surface area contributed by atoms with Gasteiger partial charge in [-0.3, -0.25) is 4.90 Å². The zero-order valence-corrected chi connectivity index (χ0v) is 17.5. The minimum absolute atomic E-state index is 0.131. The van der Waals surface area contributed by atoms with E-state index in [1.165, 1.54) is 4.90 Å². The Hall–Kier alpha value is -3.13. The maximum atomic E-state index is 11.9. The van der Waals surface area contributed by atoms with Crippen LogP contribution in [0.4, 0.5) is 10.5 Å². The van der Waals surface area contributed by atoms with Gasteiger partial charge in [-0.1, -0.05) is 17.7 Å². The molecule has 3 aliphatic rings. The summed E-state index contributed by atoms with van der Waals surface area (Å²) in [6, 6.07) is 5.66. The van der Waals surface area contributed by atoms with E-state index in [-0.39, 0.29) is 18.6 Å². The van der Waals surface area contributed by atoms with Crippen LogP contribution in [0.15, 0.2) is 45.7 Å². The zero-order valence-electron chi connectivity index (χ0n) is 16.8. The fourth-order valence-electron chi connectivity index (χ4n) is 4.54. The molecule has 0 radical (unpaired) electrons. The highest BCUT2D eigenvalue weighted by Gasteiger charge is 2.30. The minimum atomic E-state index is -1.02. The van der Waals surface area contributed by atoms with Crippen LogP contribution in [0.1, 0.15) is 31.2 Å². The van der Waals surface area contributed by atoms with Crippen LogP contribution in [-0.4, -0.2) is 33.8 Å². The van der Waals surface area contributed by atoms with E-state index in [4.69, 9.17) is 16.3 Å². The number of hydrogen-bond donors (Lipinski definition) is 2. The predicted molar refractivity (Wildman–Crippen MR) is 116 cm³/mol.